The lowest BCUT2D eigenvalue weighted by Crippen LogP contribution is -2.22. The minimum atomic E-state index is -3.58. The quantitative estimate of drug-likeness (QED) is 0.748. The Kier molecular flexibility index (Phi) is 5.93. The lowest BCUT2D eigenvalue weighted by atomic mass is 10.1. The highest BCUT2D eigenvalue weighted by Gasteiger charge is 2.18. The molecular weight excluding hydrogens is 404 g/mol. The van der Waals surface area contributed by atoms with Gasteiger partial charge in [0.25, 0.3) is 0 Å². The van der Waals surface area contributed by atoms with E-state index in [0.29, 0.717) is 41.0 Å². The van der Waals surface area contributed by atoms with Gasteiger partial charge in [-0.15, -0.1) is 0 Å². The number of sulfonamides is 1. The SMILES string of the molecule is CN(C)S(=O)(=O)c1cccc(NC(=O)/C=C/c2cc(Cl)c3c(c2)OCCO3)c1. The smallest absolute Gasteiger partial charge is 0.248 e. The Labute approximate surface area is 168 Å². The molecule has 0 saturated heterocycles. The molecule has 1 amide bonds. The molecule has 3 rings (SSSR count). The number of fused-ring (bicyclic) bond motifs is 1. The minimum Gasteiger partial charge on any atom is -0.486 e. The Bertz CT molecular complexity index is 1030. The van der Waals surface area contributed by atoms with Crippen LogP contribution in [0.1, 0.15) is 5.56 Å². The Morgan fingerprint density at radius 3 is 2.68 bits per heavy atom. The van der Waals surface area contributed by atoms with Gasteiger partial charge in [0, 0.05) is 25.9 Å². The molecule has 0 unspecified atom stereocenters. The van der Waals surface area contributed by atoms with Crippen molar-refractivity contribution in [3.8, 4) is 11.5 Å². The lowest BCUT2D eigenvalue weighted by molar-refractivity contribution is -0.111. The van der Waals surface area contributed by atoms with Crippen molar-refractivity contribution < 1.29 is 22.7 Å². The van der Waals surface area contributed by atoms with Crippen LogP contribution in [0.15, 0.2) is 47.4 Å². The Morgan fingerprint density at radius 2 is 1.93 bits per heavy atom. The van der Waals surface area contributed by atoms with Crippen LogP contribution in [0.5, 0.6) is 11.5 Å². The first-order valence-corrected chi connectivity index (χ1v) is 10.2. The second-order valence-corrected chi connectivity index (χ2v) is 8.72. The number of rotatable bonds is 5. The topological polar surface area (TPSA) is 84.9 Å². The predicted molar refractivity (Wildman–Crippen MR) is 107 cm³/mol. The van der Waals surface area contributed by atoms with Crippen LogP contribution < -0.4 is 14.8 Å². The molecule has 7 nitrogen and oxygen atoms in total. The number of ether oxygens (including phenoxy) is 2. The van der Waals surface area contributed by atoms with Crippen molar-refractivity contribution in [2.45, 2.75) is 4.90 Å². The van der Waals surface area contributed by atoms with Crippen molar-refractivity contribution in [1.82, 2.24) is 4.31 Å². The van der Waals surface area contributed by atoms with Gasteiger partial charge in [0.2, 0.25) is 15.9 Å². The van der Waals surface area contributed by atoms with E-state index >= 15 is 0 Å². The van der Waals surface area contributed by atoms with Gasteiger partial charge in [0.15, 0.2) is 11.5 Å². The Balaban J connectivity index is 1.74. The van der Waals surface area contributed by atoms with Crippen molar-refractivity contribution in [3.63, 3.8) is 0 Å². The van der Waals surface area contributed by atoms with Crippen LogP contribution in [0.3, 0.4) is 0 Å². The number of hydrogen-bond acceptors (Lipinski definition) is 5. The van der Waals surface area contributed by atoms with Crippen molar-refractivity contribution in [2.24, 2.45) is 0 Å². The first-order chi connectivity index (χ1) is 13.3. The summed E-state index contributed by atoms with van der Waals surface area (Å²) in [5.74, 6) is 0.610. The summed E-state index contributed by atoms with van der Waals surface area (Å²) in [5, 5.41) is 3.04. The molecule has 0 fully saturated rings. The fourth-order valence-corrected chi connectivity index (χ4v) is 3.75. The van der Waals surface area contributed by atoms with Crippen LogP contribution in [0.25, 0.3) is 6.08 Å². The molecular formula is C19H19ClN2O5S. The number of benzene rings is 2. The summed E-state index contributed by atoms with van der Waals surface area (Å²) in [4.78, 5) is 12.3. The number of nitrogens with one attached hydrogen (secondary N) is 1. The summed E-state index contributed by atoms with van der Waals surface area (Å²) in [6.07, 6.45) is 2.91. The number of amides is 1. The highest BCUT2D eigenvalue weighted by atomic mass is 35.5. The molecule has 0 saturated carbocycles. The van der Waals surface area contributed by atoms with Gasteiger partial charge < -0.3 is 14.8 Å². The third-order valence-electron chi connectivity index (χ3n) is 3.93. The molecule has 0 aromatic heterocycles. The number of anilines is 1. The van der Waals surface area contributed by atoms with Crippen LogP contribution in [0, 0.1) is 0 Å². The van der Waals surface area contributed by atoms with E-state index in [1.165, 1.54) is 32.3 Å². The van der Waals surface area contributed by atoms with E-state index in [4.69, 9.17) is 21.1 Å². The van der Waals surface area contributed by atoms with Crippen molar-refractivity contribution in [2.75, 3.05) is 32.6 Å². The molecule has 0 spiro atoms. The molecule has 148 valence electrons. The molecule has 2 aromatic rings. The molecule has 9 heteroatoms. The van der Waals surface area contributed by atoms with E-state index in [1.54, 1.807) is 30.3 Å². The number of carbonyl (C=O) groups excluding carboxylic acids is 1. The average molecular weight is 423 g/mol. The standard InChI is InChI=1S/C19H19ClN2O5S/c1-22(2)28(24,25)15-5-3-4-14(12-15)21-18(23)7-6-13-10-16(20)19-17(11-13)26-8-9-27-19/h3-7,10-12H,8-9H2,1-2H3,(H,21,23)/b7-6+. The average Bonchev–Trinajstić information content (AvgIpc) is 2.66. The maximum atomic E-state index is 12.2. The maximum absolute atomic E-state index is 12.2. The number of halogens is 1. The van der Waals surface area contributed by atoms with Gasteiger partial charge in [0.05, 0.1) is 9.92 Å². The fourth-order valence-electron chi connectivity index (χ4n) is 2.53. The number of carbonyl (C=O) groups is 1. The Morgan fingerprint density at radius 1 is 1.18 bits per heavy atom. The minimum absolute atomic E-state index is 0.0953. The summed E-state index contributed by atoms with van der Waals surface area (Å²) in [7, 11) is -0.688. The van der Waals surface area contributed by atoms with Gasteiger partial charge in [-0.05, 0) is 42.0 Å². The summed E-state index contributed by atoms with van der Waals surface area (Å²) >= 11 is 6.18. The molecule has 1 N–H and O–H groups in total. The second-order valence-electron chi connectivity index (χ2n) is 6.16. The number of hydrogen-bond donors (Lipinski definition) is 1. The van der Waals surface area contributed by atoms with Crippen molar-refractivity contribution in [3.05, 3.63) is 53.1 Å². The molecule has 0 aliphatic carbocycles. The van der Waals surface area contributed by atoms with Gasteiger partial charge in [-0.1, -0.05) is 17.7 Å². The molecule has 2 aromatic carbocycles. The van der Waals surface area contributed by atoms with Gasteiger partial charge in [0.1, 0.15) is 13.2 Å². The molecule has 0 bridgehead atoms. The monoisotopic (exact) mass is 422 g/mol. The van der Waals surface area contributed by atoms with E-state index in [-0.39, 0.29) is 4.90 Å². The van der Waals surface area contributed by atoms with E-state index in [2.05, 4.69) is 5.32 Å². The third-order valence-corrected chi connectivity index (χ3v) is 6.02. The highest BCUT2D eigenvalue weighted by Crippen LogP contribution is 2.38. The van der Waals surface area contributed by atoms with Gasteiger partial charge in [-0.2, -0.15) is 0 Å². The van der Waals surface area contributed by atoms with Gasteiger partial charge in [-0.25, -0.2) is 12.7 Å². The normalized spacial score (nSPS) is 13.7. The fraction of sp³-hybridized carbons (Fsp3) is 0.211. The highest BCUT2D eigenvalue weighted by molar-refractivity contribution is 7.89. The summed E-state index contributed by atoms with van der Waals surface area (Å²) < 4.78 is 36.5. The van der Waals surface area contributed by atoms with E-state index in [0.717, 1.165) is 4.31 Å². The first kappa shape index (κ1) is 20.2. The lowest BCUT2D eigenvalue weighted by Gasteiger charge is -2.19. The van der Waals surface area contributed by atoms with Crippen molar-refractivity contribution >= 4 is 39.3 Å². The molecule has 1 aliphatic rings. The van der Waals surface area contributed by atoms with Crippen LogP contribution >= 0.6 is 11.6 Å². The van der Waals surface area contributed by atoms with E-state index in [1.807, 2.05) is 0 Å². The second kappa shape index (κ2) is 8.22. The molecule has 1 heterocycles. The van der Waals surface area contributed by atoms with Crippen LogP contribution in [-0.2, 0) is 14.8 Å². The van der Waals surface area contributed by atoms with E-state index in [9.17, 15) is 13.2 Å². The zero-order valence-corrected chi connectivity index (χ0v) is 16.9. The zero-order chi connectivity index (χ0) is 20.3. The molecule has 0 radical (unpaired) electrons. The van der Waals surface area contributed by atoms with E-state index < -0.39 is 15.9 Å². The van der Waals surface area contributed by atoms with Crippen molar-refractivity contribution in [1.29, 1.82) is 0 Å². The largest absolute Gasteiger partial charge is 0.486 e. The first-order valence-electron chi connectivity index (χ1n) is 8.38. The maximum Gasteiger partial charge on any atom is 0.248 e. The molecule has 0 atom stereocenters. The predicted octanol–water partition coefficient (Wildman–Crippen LogP) is 3.01. The Hall–Kier alpha value is -2.55. The number of nitrogens with zero attached hydrogens (tertiary/aromatic N) is 1. The molecule has 1 aliphatic heterocycles. The summed E-state index contributed by atoms with van der Waals surface area (Å²) in [6, 6.07) is 9.45. The molecule has 28 heavy (non-hydrogen) atoms. The summed E-state index contributed by atoms with van der Waals surface area (Å²) in [6.45, 7) is 0.871. The van der Waals surface area contributed by atoms with Gasteiger partial charge >= 0.3 is 0 Å². The zero-order valence-electron chi connectivity index (χ0n) is 15.3. The van der Waals surface area contributed by atoms with Gasteiger partial charge in [-0.3, -0.25) is 4.79 Å². The van der Waals surface area contributed by atoms with Crippen LogP contribution in [-0.4, -0.2) is 45.9 Å². The summed E-state index contributed by atoms with van der Waals surface area (Å²) in [5.41, 5.74) is 1.05. The van der Waals surface area contributed by atoms with Crippen LogP contribution in [0.2, 0.25) is 5.02 Å². The van der Waals surface area contributed by atoms with Crippen LogP contribution in [0.4, 0.5) is 5.69 Å². The third kappa shape index (κ3) is 4.46.